The second-order valence-electron chi connectivity index (χ2n) is 5.44. The van der Waals surface area contributed by atoms with Crippen molar-refractivity contribution in [2.45, 2.75) is 38.4 Å². The number of carbonyl (C=O) groups excluding carboxylic acids is 2. The average molecular weight is 398 g/mol. The van der Waals surface area contributed by atoms with Crippen LogP contribution in [0.3, 0.4) is 0 Å². The number of hydrogen-bond donors (Lipinski definition) is 0. The van der Waals surface area contributed by atoms with Crippen molar-refractivity contribution < 1.29 is 28.5 Å². The summed E-state index contributed by atoms with van der Waals surface area (Å²) in [4.78, 5) is 26.8. The Kier molecular flexibility index (Phi) is 4.86. The minimum Gasteiger partial charge on any atom is -0.465 e. The predicted octanol–water partition coefficient (Wildman–Crippen LogP) is 1.81. The van der Waals surface area contributed by atoms with Crippen molar-refractivity contribution in [2.75, 3.05) is 6.61 Å². The Morgan fingerprint density at radius 2 is 2.00 bits per heavy atom. The number of rotatable bonds is 4. The molecular formula is C16H16BrNO6. The minimum absolute atomic E-state index is 0.0243. The molecule has 0 saturated carbocycles. The zero-order valence-electron chi connectivity index (χ0n) is 13.1. The van der Waals surface area contributed by atoms with Crippen molar-refractivity contribution in [1.29, 1.82) is 0 Å². The zero-order valence-corrected chi connectivity index (χ0v) is 14.7. The first-order valence-electron chi connectivity index (χ1n) is 7.41. The molecule has 0 N–H and O–H groups in total. The Bertz CT molecular complexity index is 691. The fourth-order valence-corrected chi connectivity index (χ4v) is 3.10. The predicted molar refractivity (Wildman–Crippen MR) is 86.4 cm³/mol. The second-order valence-corrected chi connectivity index (χ2v) is 6.29. The van der Waals surface area contributed by atoms with Gasteiger partial charge in [0.05, 0.1) is 5.56 Å². The first-order chi connectivity index (χ1) is 11.5. The van der Waals surface area contributed by atoms with Gasteiger partial charge in [0.25, 0.3) is 0 Å². The number of benzene rings is 1. The Morgan fingerprint density at radius 3 is 2.67 bits per heavy atom. The van der Waals surface area contributed by atoms with Crippen LogP contribution >= 0.6 is 15.9 Å². The van der Waals surface area contributed by atoms with E-state index in [0.29, 0.717) is 5.90 Å². The summed E-state index contributed by atoms with van der Waals surface area (Å²) < 4.78 is 22.8. The van der Waals surface area contributed by atoms with Crippen LogP contribution in [0.2, 0.25) is 0 Å². The van der Waals surface area contributed by atoms with Crippen molar-refractivity contribution in [2.24, 2.45) is 4.99 Å². The largest absolute Gasteiger partial charge is 0.465 e. The Morgan fingerprint density at radius 1 is 1.25 bits per heavy atom. The van der Waals surface area contributed by atoms with E-state index in [0.717, 1.165) is 10.0 Å². The molecule has 8 heteroatoms. The van der Waals surface area contributed by atoms with E-state index in [-0.39, 0.29) is 6.61 Å². The Balaban J connectivity index is 1.79. The second kappa shape index (κ2) is 6.90. The molecule has 0 aromatic heterocycles. The lowest BCUT2D eigenvalue weighted by Gasteiger charge is -2.21. The van der Waals surface area contributed by atoms with E-state index < -0.39 is 36.5 Å². The van der Waals surface area contributed by atoms with Crippen molar-refractivity contribution in [3.8, 4) is 0 Å². The van der Waals surface area contributed by atoms with Crippen molar-refractivity contribution in [1.82, 2.24) is 0 Å². The van der Waals surface area contributed by atoms with Gasteiger partial charge < -0.3 is 18.9 Å². The van der Waals surface area contributed by atoms with Gasteiger partial charge in [-0.15, -0.1) is 0 Å². The van der Waals surface area contributed by atoms with Gasteiger partial charge in [0.15, 0.2) is 18.4 Å². The summed E-state index contributed by atoms with van der Waals surface area (Å²) in [5.41, 5.74) is 0.786. The first kappa shape index (κ1) is 16.9. The maximum Gasteiger partial charge on any atom is 0.303 e. The first-order valence-corrected chi connectivity index (χ1v) is 8.20. The van der Waals surface area contributed by atoms with Crippen molar-refractivity contribution in [3.05, 3.63) is 34.3 Å². The monoisotopic (exact) mass is 397 g/mol. The molecule has 0 unspecified atom stereocenters. The standard InChI is InChI=1S/C16H16BrNO6/c1-8(19)21-7-12-13(22-9(2)20)14-16(23-12)18-15(24-14)10-5-3-4-6-11(10)17/h3-6,12-14,16H,7H2,1-2H3/t12-,13-,14-,16+/m1/s1. The van der Waals surface area contributed by atoms with Crippen molar-refractivity contribution >= 4 is 33.8 Å². The highest BCUT2D eigenvalue weighted by Crippen LogP contribution is 2.34. The number of fused-ring (bicyclic) bond motifs is 1. The van der Waals surface area contributed by atoms with Crippen LogP contribution in [0.15, 0.2) is 33.7 Å². The summed E-state index contributed by atoms with van der Waals surface area (Å²) in [6.07, 6.45) is -2.50. The van der Waals surface area contributed by atoms with E-state index in [4.69, 9.17) is 18.9 Å². The summed E-state index contributed by atoms with van der Waals surface area (Å²) in [6.45, 7) is 2.58. The fraction of sp³-hybridized carbons (Fsp3) is 0.438. The van der Waals surface area contributed by atoms with E-state index in [2.05, 4.69) is 20.9 Å². The molecule has 2 aliphatic heterocycles. The molecule has 2 heterocycles. The van der Waals surface area contributed by atoms with Crippen LogP contribution in [0.25, 0.3) is 0 Å². The summed E-state index contributed by atoms with van der Waals surface area (Å²) >= 11 is 3.45. The molecule has 128 valence electrons. The summed E-state index contributed by atoms with van der Waals surface area (Å²) in [5, 5.41) is 0. The molecule has 3 rings (SSSR count). The van der Waals surface area contributed by atoms with Crippen LogP contribution in [-0.4, -0.2) is 49.0 Å². The van der Waals surface area contributed by atoms with E-state index in [9.17, 15) is 9.59 Å². The molecule has 1 aromatic carbocycles. The fourth-order valence-electron chi connectivity index (χ4n) is 2.65. The third kappa shape index (κ3) is 3.44. The molecule has 2 aliphatic rings. The Labute approximate surface area is 147 Å². The van der Waals surface area contributed by atoms with Gasteiger partial charge in [0.2, 0.25) is 5.90 Å². The van der Waals surface area contributed by atoms with Crippen LogP contribution in [0.5, 0.6) is 0 Å². The lowest BCUT2D eigenvalue weighted by atomic mass is 10.1. The summed E-state index contributed by atoms with van der Waals surface area (Å²) in [7, 11) is 0. The van der Waals surface area contributed by atoms with Gasteiger partial charge in [-0.3, -0.25) is 9.59 Å². The highest BCUT2D eigenvalue weighted by atomic mass is 79.9. The maximum atomic E-state index is 11.4. The SMILES string of the molecule is CC(=O)OC[C@H]1O[C@@H]2N=C(c3ccccc3Br)O[C@@H]2[C@@H]1OC(C)=O. The molecule has 0 bridgehead atoms. The summed E-state index contributed by atoms with van der Waals surface area (Å²) in [5.74, 6) is -0.480. The number of esters is 2. The van der Waals surface area contributed by atoms with Gasteiger partial charge in [-0.05, 0) is 28.1 Å². The maximum absolute atomic E-state index is 11.4. The van der Waals surface area contributed by atoms with Crippen LogP contribution in [-0.2, 0) is 28.5 Å². The van der Waals surface area contributed by atoms with Crippen molar-refractivity contribution in [3.63, 3.8) is 0 Å². The molecule has 1 aromatic rings. The average Bonchev–Trinajstić information content (AvgIpc) is 3.04. The molecule has 0 amide bonds. The van der Waals surface area contributed by atoms with Gasteiger partial charge in [-0.25, -0.2) is 4.99 Å². The van der Waals surface area contributed by atoms with Gasteiger partial charge in [-0.1, -0.05) is 12.1 Å². The molecular weight excluding hydrogens is 382 g/mol. The quantitative estimate of drug-likeness (QED) is 0.720. The van der Waals surface area contributed by atoms with Gasteiger partial charge in [0.1, 0.15) is 12.7 Å². The minimum atomic E-state index is -0.699. The molecule has 0 spiro atoms. The number of aliphatic imine (C=N–C) groups is 1. The number of ether oxygens (including phenoxy) is 4. The van der Waals surface area contributed by atoms with Crippen LogP contribution in [0.4, 0.5) is 0 Å². The highest BCUT2D eigenvalue weighted by molar-refractivity contribution is 9.10. The van der Waals surface area contributed by atoms with E-state index in [1.54, 1.807) is 0 Å². The van der Waals surface area contributed by atoms with Gasteiger partial charge in [-0.2, -0.15) is 0 Å². The molecule has 0 aliphatic carbocycles. The molecule has 0 radical (unpaired) electrons. The van der Waals surface area contributed by atoms with Crippen LogP contribution in [0, 0.1) is 0 Å². The molecule has 1 fully saturated rings. The Hall–Kier alpha value is -1.93. The topological polar surface area (TPSA) is 83.4 Å². The molecule has 7 nitrogen and oxygen atoms in total. The third-order valence-electron chi connectivity index (χ3n) is 3.63. The van der Waals surface area contributed by atoms with E-state index >= 15 is 0 Å². The molecule has 4 atom stereocenters. The van der Waals surface area contributed by atoms with E-state index in [1.165, 1.54) is 13.8 Å². The molecule has 24 heavy (non-hydrogen) atoms. The number of nitrogens with zero attached hydrogens (tertiary/aromatic N) is 1. The number of halogens is 1. The zero-order chi connectivity index (χ0) is 17.3. The third-order valence-corrected chi connectivity index (χ3v) is 4.33. The number of carbonyl (C=O) groups is 2. The lowest BCUT2D eigenvalue weighted by molar-refractivity contribution is -0.157. The van der Waals surface area contributed by atoms with Gasteiger partial charge in [0, 0.05) is 18.3 Å². The van der Waals surface area contributed by atoms with Crippen LogP contribution < -0.4 is 0 Å². The van der Waals surface area contributed by atoms with Gasteiger partial charge >= 0.3 is 11.9 Å². The normalized spacial score (nSPS) is 27.9. The van der Waals surface area contributed by atoms with Crippen LogP contribution in [0.1, 0.15) is 19.4 Å². The molecule has 1 saturated heterocycles. The van der Waals surface area contributed by atoms with E-state index in [1.807, 2.05) is 24.3 Å². The summed E-state index contributed by atoms with van der Waals surface area (Å²) in [6, 6.07) is 7.50. The number of hydrogen-bond acceptors (Lipinski definition) is 7. The smallest absolute Gasteiger partial charge is 0.303 e. The highest BCUT2D eigenvalue weighted by Gasteiger charge is 2.52. The lowest BCUT2D eigenvalue weighted by Crippen LogP contribution is -2.39.